The zero-order valence-corrected chi connectivity index (χ0v) is 20.4. The van der Waals surface area contributed by atoms with Gasteiger partial charge in [-0.2, -0.15) is 0 Å². The molecule has 1 fully saturated rings. The van der Waals surface area contributed by atoms with Crippen molar-refractivity contribution >= 4 is 46.4 Å². The van der Waals surface area contributed by atoms with Crippen LogP contribution in [0.15, 0.2) is 36.5 Å². The van der Waals surface area contributed by atoms with Crippen LogP contribution < -0.4 is 16.0 Å². The summed E-state index contributed by atoms with van der Waals surface area (Å²) in [7, 11) is 1.51. The third-order valence-corrected chi connectivity index (χ3v) is 6.33. The summed E-state index contributed by atoms with van der Waals surface area (Å²) in [5, 5.41) is 18.2. The fraction of sp³-hybridized carbons (Fsp3) is 0.391. The van der Waals surface area contributed by atoms with E-state index in [9.17, 15) is 9.59 Å². The van der Waals surface area contributed by atoms with Gasteiger partial charge in [-0.1, -0.05) is 49.7 Å². The fourth-order valence-electron chi connectivity index (χ4n) is 3.99. The van der Waals surface area contributed by atoms with Crippen molar-refractivity contribution in [2.45, 2.75) is 25.2 Å². The number of benzene rings is 1. The van der Waals surface area contributed by atoms with E-state index in [4.69, 9.17) is 28.9 Å². The van der Waals surface area contributed by atoms with Gasteiger partial charge in [0.25, 0.3) is 5.91 Å². The lowest BCUT2D eigenvalue weighted by Gasteiger charge is -2.51. The minimum atomic E-state index is -0.884. The summed E-state index contributed by atoms with van der Waals surface area (Å²) in [6.45, 7) is 5.18. The number of hydrogen-bond donors (Lipinski definition) is 4. The molecular formula is C23H28ClN5O3S. The molecule has 2 heterocycles. The standard InChI is InChI=1S/C23H28ClN5O3S/c1-14(2)15-6-4-5-7-17(15)23(12-29(13-23)22(33)26-8-9-30)21(32)28-18-11-27-19(24)10-16(18)20(31)25-3/h4-7,10-11,14,30H,8-9,12-13H2,1-3H3,(H,25,31)(H,26,33)(H,28,32). The van der Waals surface area contributed by atoms with Crippen LogP contribution >= 0.6 is 23.8 Å². The number of carbonyl (C=O) groups excluding carboxylic acids is 2. The van der Waals surface area contributed by atoms with Crippen LogP contribution in [-0.4, -0.2) is 65.2 Å². The van der Waals surface area contributed by atoms with Crippen molar-refractivity contribution in [3.05, 3.63) is 58.4 Å². The lowest BCUT2D eigenvalue weighted by molar-refractivity contribution is -0.126. The second-order valence-electron chi connectivity index (χ2n) is 8.22. The number of halogens is 1. The van der Waals surface area contributed by atoms with Crippen molar-refractivity contribution in [1.82, 2.24) is 20.5 Å². The van der Waals surface area contributed by atoms with Crippen molar-refractivity contribution in [3.63, 3.8) is 0 Å². The number of nitrogens with one attached hydrogen (secondary N) is 3. The highest BCUT2D eigenvalue weighted by Gasteiger charge is 2.52. The van der Waals surface area contributed by atoms with E-state index in [1.54, 1.807) is 0 Å². The lowest BCUT2D eigenvalue weighted by atomic mass is 9.70. The van der Waals surface area contributed by atoms with Crippen LogP contribution in [0.4, 0.5) is 5.69 Å². The molecule has 0 bridgehead atoms. The third kappa shape index (κ3) is 5.10. The van der Waals surface area contributed by atoms with E-state index in [2.05, 4.69) is 34.8 Å². The van der Waals surface area contributed by atoms with Crippen LogP contribution in [0.2, 0.25) is 5.15 Å². The maximum atomic E-state index is 13.8. The summed E-state index contributed by atoms with van der Waals surface area (Å²) in [6.07, 6.45) is 1.39. The first kappa shape index (κ1) is 24.9. The number of thiocarbonyl (C=S) groups is 1. The van der Waals surface area contributed by atoms with Crippen LogP contribution in [0.1, 0.15) is 41.3 Å². The maximum Gasteiger partial charge on any atom is 0.253 e. The topological polar surface area (TPSA) is 107 Å². The highest BCUT2D eigenvalue weighted by atomic mass is 35.5. The molecule has 1 aromatic carbocycles. The summed E-state index contributed by atoms with van der Waals surface area (Å²) in [5.74, 6) is -0.431. The van der Waals surface area contributed by atoms with E-state index in [-0.39, 0.29) is 40.7 Å². The number of pyridine rings is 1. The molecule has 10 heteroatoms. The molecule has 0 aliphatic carbocycles. The van der Waals surface area contributed by atoms with Gasteiger partial charge < -0.3 is 26.0 Å². The minimum absolute atomic E-state index is 0.0401. The number of anilines is 1. The maximum absolute atomic E-state index is 13.8. The average molecular weight is 490 g/mol. The normalized spacial score (nSPS) is 14.4. The molecule has 1 aromatic heterocycles. The van der Waals surface area contributed by atoms with Crippen LogP contribution in [0.25, 0.3) is 0 Å². The largest absolute Gasteiger partial charge is 0.395 e. The van der Waals surface area contributed by atoms with Crippen LogP contribution in [0, 0.1) is 0 Å². The lowest BCUT2D eigenvalue weighted by Crippen LogP contribution is -2.68. The monoisotopic (exact) mass is 489 g/mol. The second-order valence-corrected chi connectivity index (χ2v) is 9.00. The number of rotatable bonds is 7. The first-order chi connectivity index (χ1) is 15.7. The molecule has 8 nitrogen and oxygen atoms in total. The molecule has 0 spiro atoms. The molecule has 2 amide bonds. The Bertz CT molecular complexity index is 1060. The highest BCUT2D eigenvalue weighted by molar-refractivity contribution is 7.80. The van der Waals surface area contributed by atoms with Crippen molar-refractivity contribution in [1.29, 1.82) is 0 Å². The summed E-state index contributed by atoms with van der Waals surface area (Å²) in [5.41, 5.74) is 1.62. The predicted molar refractivity (Wildman–Crippen MR) is 133 cm³/mol. The van der Waals surface area contributed by atoms with Crippen molar-refractivity contribution in [2.75, 3.05) is 38.6 Å². The Labute approximate surface area is 203 Å². The molecule has 0 unspecified atom stereocenters. The third-order valence-electron chi connectivity index (χ3n) is 5.72. The van der Waals surface area contributed by atoms with Gasteiger partial charge in [-0.15, -0.1) is 0 Å². The van der Waals surface area contributed by atoms with E-state index in [0.717, 1.165) is 11.1 Å². The molecule has 33 heavy (non-hydrogen) atoms. The molecule has 0 atom stereocenters. The number of carbonyl (C=O) groups is 2. The molecule has 1 aliphatic rings. The summed E-state index contributed by atoms with van der Waals surface area (Å²) >= 11 is 11.4. The van der Waals surface area contributed by atoms with Gasteiger partial charge in [0.2, 0.25) is 5.91 Å². The van der Waals surface area contributed by atoms with Gasteiger partial charge in [-0.3, -0.25) is 9.59 Å². The molecule has 4 N–H and O–H groups in total. The number of aliphatic hydroxyl groups is 1. The average Bonchev–Trinajstić information content (AvgIpc) is 2.77. The van der Waals surface area contributed by atoms with Gasteiger partial charge in [0.15, 0.2) is 5.11 Å². The van der Waals surface area contributed by atoms with E-state index in [1.165, 1.54) is 19.3 Å². The number of amides is 2. The first-order valence-electron chi connectivity index (χ1n) is 10.7. The number of likely N-dealkylation sites (tertiary alicyclic amines) is 1. The molecule has 3 rings (SSSR count). The smallest absolute Gasteiger partial charge is 0.253 e. The molecule has 2 aromatic rings. The second kappa shape index (κ2) is 10.5. The fourth-order valence-corrected chi connectivity index (χ4v) is 4.38. The van der Waals surface area contributed by atoms with Gasteiger partial charge in [-0.25, -0.2) is 4.98 Å². The van der Waals surface area contributed by atoms with Gasteiger partial charge in [0.1, 0.15) is 10.6 Å². The summed E-state index contributed by atoms with van der Waals surface area (Å²) in [4.78, 5) is 32.1. The van der Waals surface area contributed by atoms with Crippen molar-refractivity contribution in [3.8, 4) is 0 Å². The van der Waals surface area contributed by atoms with Gasteiger partial charge in [0.05, 0.1) is 24.1 Å². The quantitative estimate of drug-likeness (QED) is 0.349. The highest BCUT2D eigenvalue weighted by Crippen LogP contribution is 2.40. The SMILES string of the molecule is CNC(=O)c1cc(Cl)ncc1NC(=O)C1(c2ccccc2C(C)C)CN(C(=S)NCCO)C1. The molecule has 1 saturated heterocycles. The van der Waals surface area contributed by atoms with Crippen molar-refractivity contribution < 1.29 is 14.7 Å². The zero-order valence-electron chi connectivity index (χ0n) is 18.8. The summed E-state index contributed by atoms with van der Waals surface area (Å²) in [6, 6.07) is 9.30. The number of aliphatic hydroxyl groups excluding tert-OH is 1. The molecule has 1 aliphatic heterocycles. The first-order valence-corrected chi connectivity index (χ1v) is 11.4. The van der Waals surface area contributed by atoms with Crippen molar-refractivity contribution in [2.24, 2.45) is 0 Å². The Morgan fingerprint density at radius 3 is 2.64 bits per heavy atom. The van der Waals surface area contributed by atoms with Crippen LogP contribution in [0.3, 0.4) is 0 Å². The van der Waals surface area contributed by atoms with E-state index >= 15 is 0 Å². The Morgan fingerprint density at radius 2 is 2.00 bits per heavy atom. The predicted octanol–water partition coefficient (Wildman–Crippen LogP) is 2.28. The van der Waals surface area contributed by atoms with Crippen LogP contribution in [0.5, 0.6) is 0 Å². The zero-order chi connectivity index (χ0) is 24.2. The molecule has 0 radical (unpaired) electrons. The van der Waals surface area contributed by atoms with Crippen LogP contribution in [-0.2, 0) is 10.2 Å². The Morgan fingerprint density at radius 1 is 1.30 bits per heavy atom. The van der Waals surface area contributed by atoms with E-state index < -0.39 is 5.41 Å². The summed E-state index contributed by atoms with van der Waals surface area (Å²) < 4.78 is 0. The number of hydrogen-bond acceptors (Lipinski definition) is 5. The number of nitrogens with zero attached hydrogens (tertiary/aromatic N) is 2. The van der Waals surface area contributed by atoms with Gasteiger partial charge >= 0.3 is 0 Å². The Balaban J connectivity index is 1.98. The molecule has 0 saturated carbocycles. The Hall–Kier alpha value is -2.75. The molecule has 176 valence electrons. The van der Waals surface area contributed by atoms with E-state index in [1.807, 2.05) is 29.2 Å². The molecular weight excluding hydrogens is 462 g/mol. The van der Waals surface area contributed by atoms with Gasteiger partial charge in [0, 0.05) is 26.7 Å². The van der Waals surface area contributed by atoms with Gasteiger partial charge in [-0.05, 0) is 35.3 Å². The minimum Gasteiger partial charge on any atom is -0.395 e. The van der Waals surface area contributed by atoms with E-state index in [0.29, 0.717) is 24.7 Å². The Kier molecular flexibility index (Phi) is 7.88. The number of aromatic nitrogens is 1.